The number of halogens is 2. The van der Waals surface area contributed by atoms with E-state index in [4.69, 9.17) is 0 Å². The molecule has 1 saturated heterocycles. The van der Waals surface area contributed by atoms with E-state index in [-0.39, 0.29) is 11.2 Å². The van der Waals surface area contributed by atoms with Crippen LogP contribution in [0.3, 0.4) is 0 Å². The summed E-state index contributed by atoms with van der Waals surface area (Å²) in [6.07, 6.45) is 13.4. The molecule has 4 aromatic rings. The minimum Gasteiger partial charge on any atom is -0.435 e. The average molecular weight is 570 g/mol. The quantitative estimate of drug-likeness (QED) is 0.177. The number of carbonyl (C=O) groups is 1. The molecule has 1 aliphatic heterocycles. The van der Waals surface area contributed by atoms with Crippen LogP contribution in [0.5, 0.6) is 5.75 Å². The highest BCUT2D eigenvalue weighted by atomic mass is 19.3. The summed E-state index contributed by atoms with van der Waals surface area (Å²) in [7, 11) is 2.03. The SMILES string of the molecule is Cn1c(C2=CCC3(CC2)CCN(C=CC=O)CC3)c(-c2ccc(OC(F)F)cc2)c2c(Nc3ccccc3)ncnc21. The van der Waals surface area contributed by atoms with Crippen LogP contribution >= 0.6 is 0 Å². The maximum Gasteiger partial charge on any atom is 0.387 e. The standard InChI is InChI=1S/C33H33F2N5O2/c1-39-29(24-12-14-33(15-13-24)16-19-40(20-17-33)18-5-21-41)27(23-8-10-26(11-9-23)42-32(34)35)28-30(36-22-37-31(28)39)38-25-6-3-2-4-7-25/h2-12,18,21-22,32H,13-17,19-20H2,1H3,(H,36,37,38). The zero-order valence-corrected chi connectivity index (χ0v) is 23.5. The maximum atomic E-state index is 12.9. The van der Waals surface area contributed by atoms with E-state index in [2.05, 4.69) is 35.6 Å². The highest BCUT2D eigenvalue weighted by molar-refractivity contribution is 6.07. The summed E-state index contributed by atoms with van der Waals surface area (Å²) < 4.78 is 32.5. The van der Waals surface area contributed by atoms with Crippen LogP contribution in [0, 0.1) is 5.41 Å². The van der Waals surface area contributed by atoms with Gasteiger partial charge in [-0.15, -0.1) is 0 Å². The average Bonchev–Trinajstić information content (AvgIpc) is 3.31. The number of anilines is 2. The lowest BCUT2D eigenvalue weighted by molar-refractivity contribution is -0.104. The molecule has 6 rings (SSSR count). The molecule has 1 N–H and O–H groups in total. The van der Waals surface area contributed by atoms with Crippen LogP contribution in [0.25, 0.3) is 27.7 Å². The number of likely N-dealkylation sites (tertiary alicyclic amines) is 1. The molecule has 42 heavy (non-hydrogen) atoms. The van der Waals surface area contributed by atoms with E-state index in [1.807, 2.05) is 55.7 Å². The van der Waals surface area contributed by atoms with Crippen LogP contribution in [0.1, 0.15) is 37.8 Å². The number of aryl methyl sites for hydroxylation is 1. The van der Waals surface area contributed by atoms with Gasteiger partial charge < -0.3 is 19.5 Å². The number of piperidine rings is 1. The Morgan fingerprint density at radius 2 is 1.79 bits per heavy atom. The number of hydrogen-bond acceptors (Lipinski definition) is 6. The summed E-state index contributed by atoms with van der Waals surface area (Å²) in [5.74, 6) is 0.794. The van der Waals surface area contributed by atoms with Crippen molar-refractivity contribution in [1.29, 1.82) is 0 Å². The van der Waals surface area contributed by atoms with Gasteiger partial charge in [0.1, 0.15) is 29.8 Å². The molecule has 216 valence electrons. The van der Waals surface area contributed by atoms with Gasteiger partial charge in [-0.05, 0) is 79.0 Å². The molecule has 1 fully saturated rings. The number of carbonyl (C=O) groups excluding carboxylic acids is 1. The molecule has 0 bridgehead atoms. The van der Waals surface area contributed by atoms with Crippen LogP contribution in [0.4, 0.5) is 20.3 Å². The summed E-state index contributed by atoms with van der Waals surface area (Å²) in [4.78, 5) is 22.3. The van der Waals surface area contributed by atoms with E-state index < -0.39 is 6.61 Å². The van der Waals surface area contributed by atoms with Crippen molar-refractivity contribution in [1.82, 2.24) is 19.4 Å². The Kier molecular flexibility index (Phi) is 7.73. The van der Waals surface area contributed by atoms with Crippen molar-refractivity contribution in [2.45, 2.75) is 38.7 Å². The summed E-state index contributed by atoms with van der Waals surface area (Å²) in [6, 6.07) is 16.7. The van der Waals surface area contributed by atoms with Gasteiger partial charge in [0.25, 0.3) is 0 Å². The molecule has 2 aliphatic rings. The lowest BCUT2D eigenvalue weighted by Gasteiger charge is -2.43. The summed E-state index contributed by atoms with van der Waals surface area (Å²) >= 11 is 0. The third kappa shape index (κ3) is 5.51. The van der Waals surface area contributed by atoms with Gasteiger partial charge in [0, 0.05) is 37.6 Å². The Morgan fingerprint density at radius 1 is 1.02 bits per heavy atom. The number of nitrogens with one attached hydrogen (secondary N) is 1. The molecule has 2 aromatic heterocycles. The Hall–Kier alpha value is -4.53. The van der Waals surface area contributed by atoms with Crippen LogP contribution < -0.4 is 10.1 Å². The first-order valence-corrected chi connectivity index (χ1v) is 14.2. The molecule has 1 aliphatic carbocycles. The normalized spacial score (nSPS) is 16.8. The van der Waals surface area contributed by atoms with Crippen molar-refractivity contribution in [3.8, 4) is 16.9 Å². The number of ether oxygens (including phenoxy) is 1. The summed E-state index contributed by atoms with van der Waals surface area (Å²) in [6.45, 7) is -0.986. The van der Waals surface area contributed by atoms with Gasteiger partial charge in [-0.3, -0.25) is 4.79 Å². The van der Waals surface area contributed by atoms with Gasteiger partial charge in [0.05, 0.1) is 11.1 Å². The highest BCUT2D eigenvalue weighted by Crippen LogP contribution is 2.49. The molecule has 0 radical (unpaired) electrons. The molecule has 1 spiro atoms. The third-order valence-corrected chi connectivity index (χ3v) is 8.62. The van der Waals surface area contributed by atoms with E-state index in [0.717, 1.165) is 85.0 Å². The van der Waals surface area contributed by atoms with Crippen LogP contribution in [0.15, 0.2) is 79.3 Å². The number of rotatable bonds is 8. The predicted molar refractivity (Wildman–Crippen MR) is 161 cm³/mol. The molecule has 3 heterocycles. The number of benzene rings is 2. The number of aldehydes is 1. The molecule has 0 amide bonds. The zero-order chi connectivity index (χ0) is 29.1. The van der Waals surface area contributed by atoms with Crippen molar-refractivity contribution in [2.75, 3.05) is 18.4 Å². The molecular weight excluding hydrogens is 536 g/mol. The van der Waals surface area contributed by atoms with E-state index in [1.165, 1.54) is 5.57 Å². The number of hydrogen-bond donors (Lipinski definition) is 1. The Labute approximate surface area is 243 Å². The second kappa shape index (κ2) is 11.8. The minimum absolute atomic E-state index is 0.113. The van der Waals surface area contributed by atoms with Crippen LogP contribution in [-0.2, 0) is 11.8 Å². The molecule has 9 heteroatoms. The monoisotopic (exact) mass is 569 g/mol. The number of fused-ring (bicyclic) bond motifs is 1. The fourth-order valence-electron chi connectivity index (χ4n) is 6.38. The fraction of sp³-hybridized carbons (Fsp3) is 0.303. The number of allylic oxidation sites excluding steroid dienone is 3. The largest absolute Gasteiger partial charge is 0.435 e. The number of nitrogens with zero attached hydrogens (tertiary/aromatic N) is 4. The molecular formula is C33H33F2N5O2. The maximum absolute atomic E-state index is 12.9. The number of aromatic nitrogens is 3. The van der Waals surface area contributed by atoms with Gasteiger partial charge >= 0.3 is 6.61 Å². The lowest BCUT2D eigenvalue weighted by Crippen LogP contribution is -2.38. The number of alkyl halides is 2. The summed E-state index contributed by atoms with van der Waals surface area (Å²) in [5, 5.41) is 4.34. The van der Waals surface area contributed by atoms with E-state index >= 15 is 0 Å². The first-order chi connectivity index (χ1) is 20.5. The van der Waals surface area contributed by atoms with Crippen molar-refractivity contribution in [3.05, 3.63) is 85.0 Å². The van der Waals surface area contributed by atoms with Crippen LogP contribution in [-0.4, -0.2) is 45.4 Å². The van der Waals surface area contributed by atoms with Crippen molar-refractivity contribution in [2.24, 2.45) is 12.5 Å². The third-order valence-electron chi connectivity index (χ3n) is 8.62. The zero-order valence-electron chi connectivity index (χ0n) is 23.5. The second-order valence-corrected chi connectivity index (χ2v) is 11.0. The van der Waals surface area contributed by atoms with Gasteiger partial charge in [0.2, 0.25) is 0 Å². The molecule has 2 aromatic carbocycles. The van der Waals surface area contributed by atoms with Gasteiger partial charge in [-0.1, -0.05) is 36.4 Å². The van der Waals surface area contributed by atoms with Crippen molar-refractivity contribution < 1.29 is 18.3 Å². The second-order valence-electron chi connectivity index (χ2n) is 11.0. The van der Waals surface area contributed by atoms with Crippen LogP contribution in [0.2, 0.25) is 0 Å². The van der Waals surface area contributed by atoms with Crippen molar-refractivity contribution >= 4 is 34.4 Å². The molecule has 0 atom stereocenters. The predicted octanol–water partition coefficient (Wildman–Crippen LogP) is 7.34. The first-order valence-electron chi connectivity index (χ1n) is 14.2. The Morgan fingerprint density at radius 3 is 2.45 bits per heavy atom. The van der Waals surface area contributed by atoms with E-state index in [0.29, 0.717) is 5.82 Å². The Balaban J connectivity index is 1.41. The van der Waals surface area contributed by atoms with Gasteiger partial charge in [-0.25, -0.2) is 9.97 Å². The topological polar surface area (TPSA) is 72.3 Å². The van der Waals surface area contributed by atoms with Gasteiger partial charge in [0.15, 0.2) is 0 Å². The van der Waals surface area contributed by atoms with Crippen molar-refractivity contribution in [3.63, 3.8) is 0 Å². The molecule has 0 saturated carbocycles. The first kappa shape index (κ1) is 27.6. The smallest absolute Gasteiger partial charge is 0.387 e. The van der Waals surface area contributed by atoms with Gasteiger partial charge in [-0.2, -0.15) is 8.78 Å². The number of para-hydroxylation sites is 1. The molecule has 7 nitrogen and oxygen atoms in total. The lowest BCUT2D eigenvalue weighted by atomic mass is 9.68. The highest BCUT2D eigenvalue weighted by Gasteiger charge is 2.36. The van der Waals surface area contributed by atoms with E-state index in [1.54, 1.807) is 24.5 Å². The fourth-order valence-corrected chi connectivity index (χ4v) is 6.38. The Bertz CT molecular complexity index is 1620. The molecule has 0 unspecified atom stereocenters. The summed E-state index contributed by atoms with van der Waals surface area (Å²) in [5.41, 5.74) is 6.10. The van der Waals surface area contributed by atoms with E-state index in [9.17, 15) is 13.6 Å². The minimum atomic E-state index is -2.88.